The van der Waals surface area contributed by atoms with Crippen LogP contribution in [0.4, 0.5) is 14.6 Å². The molecule has 0 aliphatic carbocycles. The number of nitrogens with zero attached hydrogens (tertiary/aromatic N) is 2. The van der Waals surface area contributed by atoms with Crippen molar-refractivity contribution in [1.29, 1.82) is 0 Å². The van der Waals surface area contributed by atoms with Gasteiger partial charge in [-0.1, -0.05) is 0 Å². The van der Waals surface area contributed by atoms with E-state index in [1.165, 1.54) is 6.33 Å². The van der Waals surface area contributed by atoms with Crippen LogP contribution in [0, 0.1) is 11.6 Å². The third-order valence-corrected chi connectivity index (χ3v) is 1.81. The number of aromatic nitrogens is 3. The summed E-state index contributed by atoms with van der Waals surface area (Å²) < 4.78 is 25.6. The molecule has 2 rings (SSSR count). The van der Waals surface area contributed by atoms with E-state index in [1.54, 1.807) is 6.20 Å². The van der Waals surface area contributed by atoms with Gasteiger partial charge in [-0.3, -0.25) is 0 Å². The van der Waals surface area contributed by atoms with Crippen molar-refractivity contribution < 1.29 is 8.78 Å². The molecule has 2 N–H and O–H groups in total. The van der Waals surface area contributed by atoms with Gasteiger partial charge in [0.25, 0.3) is 0 Å². The zero-order chi connectivity index (χ0) is 10.7. The second kappa shape index (κ2) is 4.04. The number of aromatic amines is 1. The van der Waals surface area contributed by atoms with Crippen molar-refractivity contribution >= 4 is 5.82 Å². The lowest BCUT2D eigenvalue weighted by Crippen LogP contribution is -2.04. The molecule has 0 fully saturated rings. The van der Waals surface area contributed by atoms with Gasteiger partial charge in [-0.05, 0) is 0 Å². The first kappa shape index (κ1) is 9.57. The fraction of sp³-hybridized carbons (Fsp3) is 0.111. The van der Waals surface area contributed by atoms with Gasteiger partial charge in [0.1, 0.15) is 5.82 Å². The van der Waals surface area contributed by atoms with Gasteiger partial charge in [0.2, 0.25) is 0 Å². The molecule has 0 spiro atoms. The van der Waals surface area contributed by atoms with Crippen LogP contribution in [0.15, 0.2) is 24.8 Å². The lowest BCUT2D eigenvalue weighted by molar-refractivity contribution is 0.575. The highest BCUT2D eigenvalue weighted by Crippen LogP contribution is 2.11. The van der Waals surface area contributed by atoms with E-state index in [9.17, 15) is 8.78 Å². The van der Waals surface area contributed by atoms with Crippen LogP contribution in [-0.2, 0) is 6.54 Å². The lowest BCUT2D eigenvalue weighted by Gasteiger charge is -2.04. The number of rotatable bonds is 3. The molecule has 78 valence electrons. The Morgan fingerprint density at radius 1 is 1.33 bits per heavy atom. The molecular weight excluding hydrogens is 202 g/mol. The quantitative estimate of drug-likeness (QED) is 0.810. The topological polar surface area (TPSA) is 53.6 Å². The maximum atomic E-state index is 13.1. The summed E-state index contributed by atoms with van der Waals surface area (Å²) in [5.41, 5.74) is 0.792. The minimum Gasteiger partial charge on any atom is -0.362 e. The molecule has 0 aliphatic rings. The number of pyridine rings is 1. The number of hydrogen-bond acceptors (Lipinski definition) is 3. The van der Waals surface area contributed by atoms with Crippen molar-refractivity contribution in [2.75, 3.05) is 5.32 Å². The Balaban J connectivity index is 2.05. The van der Waals surface area contributed by atoms with E-state index < -0.39 is 11.6 Å². The van der Waals surface area contributed by atoms with Crippen molar-refractivity contribution in [2.45, 2.75) is 6.54 Å². The number of hydrogen-bond donors (Lipinski definition) is 2. The predicted molar refractivity (Wildman–Crippen MR) is 50.1 cm³/mol. The molecule has 0 atom stereocenters. The maximum absolute atomic E-state index is 13.1. The van der Waals surface area contributed by atoms with Crippen LogP contribution in [0.5, 0.6) is 0 Å². The molecule has 0 aliphatic heterocycles. The van der Waals surface area contributed by atoms with Crippen molar-refractivity contribution in [3.05, 3.63) is 42.1 Å². The minimum absolute atomic E-state index is 0.0194. The zero-order valence-electron chi connectivity index (χ0n) is 7.67. The van der Waals surface area contributed by atoms with E-state index in [-0.39, 0.29) is 5.82 Å². The highest BCUT2D eigenvalue weighted by molar-refractivity contribution is 5.36. The molecule has 0 radical (unpaired) electrons. The van der Waals surface area contributed by atoms with Crippen LogP contribution in [0.3, 0.4) is 0 Å². The fourth-order valence-electron chi connectivity index (χ4n) is 1.10. The van der Waals surface area contributed by atoms with Crippen LogP contribution >= 0.6 is 0 Å². The molecule has 0 saturated carbocycles. The molecule has 2 aromatic heterocycles. The average molecular weight is 210 g/mol. The molecule has 2 heterocycles. The lowest BCUT2D eigenvalue weighted by atomic mass is 10.4. The van der Waals surface area contributed by atoms with E-state index in [0.717, 1.165) is 18.0 Å². The summed E-state index contributed by atoms with van der Waals surface area (Å²) in [5, 5.41) is 2.72. The maximum Gasteiger partial charge on any atom is 0.168 e. The van der Waals surface area contributed by atoms with E-state index in [0.29, 0.717) is 6.54 Å². The summed E-state index contributed by atoms with van der Waals surface area (Å²) >= 11 is 0. The van der Waals surface area contributed by atoms with Crippen LogP contribution in [-0.4, -0.2) is 15.0 Å². The van der Waals surface area contributed by atoms with Crippen LogP contribution < -0.4 is 5.32 Å². The highest BCUT2D eigenvalue weighted by Gasteiger charge is 2.04. The molecular formula is C9H8F2N4. The number of anilines is 1. The summed E-state index contributed by atoms with van der Waals surface area (Å²) in [6.45, 7) is 0.357. The number of H-pyrrole nitrogens is 1. The molecule has 4 nitrogen and oxygen atoms in total. The van der Waals surface area contributed by atoms with Crippen LogP contribution in [0.2, 0.25) is 0 Å². The average Bonchev–Trinajstić information content (AvgIpc) is 2.69. The highest BCUT2D eigenvalue weighted by atomic mass is 19.1. The molecule has 0 bridgehead atoms. The Bertz CT molecular complexity index is 441. The fourth-order valence-corrected chi connectivity index (χ4v) is 1.10. The van der Waals surface area contributed by atoms with Gasteiger partial charge < -0.3 is 10.3 Å². The Morgan fingerprint density at radius 3 is 2.87 bits per heavy atom. The summed E-state index contributed by atoms with van der Waals surface area (Å²) in [7, 11) is 0. The molecule has 0 unspecified atom stereocenters. The van der Waals surface area contributed by atoms with Crippen molar-refractivity contribution in [1.82, 2.24) is 15.0 Å². The smallest absolute Gasteiger partial charge is 0.168 e. The molecule has 15 heavy (non-hydrogen) atoms. The van der Waals surface area contributed by atoms with Crippen molar-refractivity contribution in [2.24, 2.45) is 0 Å². The Kier molecular flexibility index (Phi) is 2.57. The summed E-state index contributed by atoms with van der Waals surface area (Å²) in [4.78, 5) is 10.2. The molecule has 6 heteroatoms. The number of halogens is 2. The first-order valence-electron chi connectivity index (χ1n) is 4.28. The molecule has 0 saturated heterocycles. The Morgan fingerprint density at radius 2 is 2.20 bits per heavy atom. The van der Waals surface area contributed by atoms with Gasteiger partial charge in [-0.15, -0.1) is 0 Å². The van der Waals surface area contributed by atoms with E-state index in [2.05, 4.69) is 20.3 Å². The third kappa shape index (κ3) is 2.28. The van der Waals surface area contributed by atoms with E-state index in [4.69, 9.17) is 0 Å². The second-order valence-corrected chi connectivity index (χ2v) is 2.91. The van der Waals surface area contributed by atoms with Gasteiger partial charge in [0.15, 0.2) is 11.6 Å². The summed E-state index contributed by atoms with van der Waals surface area (Å²) in [6, 6.07) is 0.780. The summed E-state index contributed by atoms with van der Waals surface area (Å²) in [5.74, 6) is -1.39. The predicted octanol–water partition coefficient (Wildman–Crippen LogP) is 1.69. The molecule has 0 aromatic carbocycles. The van der Waals surface area contributed by atoms with Crippen LogP contribution in [0.25, 0.3) is 0 Å². The first-order chi connectivity index (χ1) is 7.25. The van der Waals surface area contributed by atoms with Gasteiger partial charge >= 0.3 is 0 Å². The Hall–Kier alpha value is -1.98. The number of imidazole rings is 1. The largest absolute Gasteiger partial charge is 0.362 e. The third-order valence-electron chi connectivity index (χ3n) is 1.81. The van der Waals surface area contributed by atoms with Gasteiger partial charge in [-0.25, -0.2) is 18.7 Å². The Labute approximate surface area is 84.4 Å². The SMILES string of the molecule is Fc1cnc(NCc2cnc[nH]2)c(F)c1. The zero-order valence-corrected chi connectivity index (χ0v) is 7.67. The van der Waals surface area contributed by atoms with Gasteiger partial charge in [0.05, 0.1) is 24.8 Å². The van der Waals surface area contributed by atoms with Gasteiger partial charge in [-0.2, -0.15) is 0 Å². The first-order valence-corrected chi connectivity index (χ1v) is 4.28. The minimum atomic E-state index is -0.713. The molecule has 2 aromatic rings. The van der Waals surface area contributed by atoms with Crippen molar-refractivity contribution in [3.8, 4) is 0 Å². The van der Waals surface area contributed by atoms with Crippen LogP contribution in [0.1, 0.15) is 5.69 Å². The normalized spacial score (nSPS) is 10.3. The molecule has 0 amide bonds. The van der Waals surface area contributed by atoms with E-state index >= 15 is 0 Å². The van der Waals surface area contributed by atoms with Crippen molar-refractivity contribution in [3.63, 3.8) is 0 Å². The van der Waals surface area contributed by atoms with Gasteiger partial charge in [0, 0.05) is 12.3 Å². The summed E-state index contributed by atoms with van der Waals surface area (Å²) in [6.07, 6.45) is 4.08. The van der Waals surface area contributed by atoms with E-state index in [1.807, 2.05) is 0 Å². The monoisotopic (exact) mass is 210 g/mol. The standard InChI is InChI=1S/C9H8F2N4/c10-6-1-8(11)9(13-2-6)14-4-7-3-12-5-15-7/h1-3,5H,4H2,(H,12,15)(H,13,14). The number of nitrogens with one attached hydrogen (secondary N) is 2. The second-order valence-electron chi connectivity index (χ2n) is 2.91.